The molecule has 8 heteroatoms. The van der Waals surface area contributed by atoms with Crippen LogP contribution in [-0.4, -0.2) is 9.79 Å². The Labute approximate surface area is 47.4 Å². The van der Waals surface area contributed by atoms with Crippen molar-refractivity contribution in [1.29, 1.82) is 0 Å². The molecule has 0 rings (SSSR count). The molecule has 0 saturated heterocycles. The molecule has 0 aliphatic rings. The highest BCUT2D eigenvalue weighted by molar-refractivity contribution is 7.46. The Balaban J connectivity index is 0. The fraction of sp³-hybridized carbons (Fsp3) is 0. The Morgan fingerprint density at radius 1 is 1.62 bits per heavy atom. The van der Waals surface area contributed by atoms with E-state index in [0.29, 0.717) is 0 Å². The molecule has 0 aliphatic heterocycles. The molecule has 0 aromatic rings. The average molecular weight is 165 g/mol. The van der Waals surface area contributed by atoms with Crippen LogP contribution in [0.4, 0.5) is 4.53 Å². The van der Waals surface area contributed by atoms with Gasteiger partial charge in [0.25, 0.3) is 0 Å². The van der Waals surface area contributed by atoms with Gasteiger partial charge in [0, 0.05) is 0 Å². The van der Waals surface area contributed by atoms with E-state index < -0.39 is 7.82 Å². The molecule has 8 heavy (non-hydrogen) atoms. The fourth-order valence-electron chi connectivity index (χ4n) is 0. The lowest BCUT2D eigenvalue weighted by Crippen LogP contribution is -1.71. The molecular weight excluding hydrogens is 159 g/mol. The summed E-state index contributed by atoms with van der Waals surface area (Å²) in [5.74, 6) is 0. The molecule has 0 bridgehead atoms. The average Bonchev–Trinajstić information content (AvgIpc) is 1.71. The maximum atomic E-state index is 10.2. The Kier molecular flexibility index (Phi) is 7.83. The third-order valence-electron chi connectivity index (χ3n) is 0.0899. The molecule has 0 fully saturated rings. The molecule has 52 valence electrons. The zero-order valence-corrected chi connectivity index (χ0v) is 5.74. The van der Waals surface area contributed by atoms with Crippen molar-refractivity contribution in [3.8, 4) is 0 Å². The van der Waals surface area contributed by atoms with E-state index in [9.17, 15) is 4.53 Å². The summed E-state index contributed by atoms with van der Waals surface area (Å²) in [4.78, 5) is 14.7. The van der Waals surface area contributed by atoms with Crippen LogP contribution in [0.15, 0.2) is 0 Å². The summed E-state index contributed by atoms with van der Waals surface area (Å²) in [6, 6.07) is 0. The van der Waals surface area contributed by atoms with Gasteiger partial charge in [-0.05, 0) is 4.53 Å². The molecule has 5 nitrogen and oxygen atoms in total. The fourth-order valence-corrected chi connectivity index (χ4v) is 0. The van der Waals surface area contributed by atoms with Crippen LogP contribution >= 0.6 is 17.2 Å². The smallest absolute Gasteiger partial charge is 0.314 e. The van der Waals surface area contributed by atoms with Gasteiger partial charge in [-0.1, -0.05) is 14.1 Å². The summed E-state index contributed by atoms with van der Waals surface area (Å²) in [5.41, 5.74) is 4.42. The minimum Gasteiger partial charge on any atom is -0.314 e. The lowest BCUT2D eigenvalue weighted by Gasteiger charge is -1.87. The third kappa shape index (κ3) is 16.1. The van der Waals surface area contributed by atoms with Crippen molar-refractivity contribution in [2.24, 2.45) is 5.50 Å². The molecule has 0 aromatic carbocycles. The first kappa shape index (κ1) is 11.3. The zero-order valence-electron chi connectivity index (χ0n) is 3.69. The number of hydrogen-bond acceptors (Lipinski definition) is 3. The van der Waals surface area contributed by atoms with Crippen molar-refractivity contribution < 1.29 is 23.6 Å². The van der Waals surface area contributed by atoms with E-state index in [0.717, 1.165) is 0 Å². The number of rotatable bonds is 1. The molecule has 0 amide bonds. The van der Waals surface area contributed by atoms with Crippen LogP contribution in [0.5, 0.6) is 0 Å². The van der Waals surface area contributed by atoms with Crippen molar-refractivity contribution >= 4 is 17.2 Å². The third-order valence-corrected chi connectivity index (χ3v) is 0.270. The lowest BCUT2D eigenvalue weighted by atomic mass is 13.9. The molecule has 0 aromatic heterocycles. The molecule has 0 heterocycles. The summed E-state index contributed by atoms with van der Waals surface area (Å²) < 4.78 is 21.4. The molecule has 0 aliphatic carbocycles. The molecule has 4 N–H and O–H groups in total. The lowest BCUT2D eigenvalue weighted by molar-refractivity contribution is -0.0389. The van der Waals surface area contributed by atoms with Gasteiger partial charge in [0.15, 0.2) is 0 Å². The Bertz CT molecular complexity index is 78.1. The highest BCUT2D eigenvalue weighted by Gasteiger charge is 2.12. The predicted molar refractivity (Wildman–Crippen MR) is 28.1 cm³/mol. The van der Waals surface area contributed by atoms with Gasteiger partial charge < -0.3 is 15.3 Å². The molecule has 0 radical (unpaired) electrons. The van der Waals surface area contributed by atoms with Gasteiger partial charge in [0.05, 0.1) is 0 Å². The van der Waals surface area contributed by atoms with E-state index in [-0.39, 0.29) is 0 Å². The second-order valence-corrected chi connectivity index (χ2v) is 1.68. The van der Waals surface area contributed by atoms with Gasteiger partial charge in [-0.15, -0.1) is 0 Å². The van der Waals surface area contributed by atoms with Crippen molar-refractivity contribution in [3.63, 3.8) is 0 Å². The Hall–Kier alpha value is 0.430. The summed E-state index contributed by atoms with van der Waals surface area (Å²) in [6.45, 7) is 0. The van der Waals surface area contributed by atoms with Gasteiger partial charge in [-0.2, -0.15) is 0 Å². The van der Waals surface area contributed by atoms with Crippen molar-refractivity contribution in [2.45, 2.75) is 0 Å². The molecule has 0 saturated carbocycles. The minimum absolute atomic E-state index is 1.92. The summed E-state index contributed by atoms with van der Waals surface area (Å²) >= 11 is 0. The first-order valence-corrected chi connectivity index (χ1v) is 3.45. The second kappa shape index (κ2) is 5.56. The number of halogens is 1. The first-order chi connectivity index (χ1) is 3.56. The van der Waals surface area contributed by atoms with Gasteiger partial charge in [-0.25, -0.2) is 4.57 Å². The van der Waals surface area contributed by atoms with E-state index in [1.807, 2.05) is 9.39 Å². The maximum Gasteiger partial charge on any atom is 0.500 e. The second-order valence-electron chi connectivity index (χ2n) is 0.560. The van der Waals surface area contributed by atoms with Crippen LogP contribution in [0, 0.1) is 0 Å². The van der Waals surface area contributed by atoms with E-state index in [1.165, 1.54) is 0 Å². The summed E-state index contributed by atoms with van der Waals surface area (Å²) in [6.07, 6.45) is 0. The molecule has 0 spiro atoms. The minimum atomic E-state index is -4.81. The van der Waals surface area contributed by atoms with Crippen LogP contribution in [0.25, 0.3) is 0 Å². The van der Waals surface area contributed by atoms with Crippen LogP contribution in [-0.2, 0) is 9.29 Å². The molecule has 1 atom stereocenters. The van der Waals surface area contributed by atoms with Crippen LogP contribution in [0.2, 0.25) is 0 Å². The molecular formula is H6FNO4P2. The summed E-state index contributed by atoms with van der Waals surface area (Å²) in [5, 5.41) is 0. The van der Waals surface area contributed by atoms with Crippen molar-refractivity contribution in [1.82, 2.24) is 0 Å². The van der Waals surface area contributed by atoms with Crippen LogP contribution < -0.4 is 5.50 Å². The first-order valence-electron chi connectivity index (χ1n) is 1.25. The van der Waals surface area contributed by atoms with E-state index in [2.05, 4.69) is 10.2 Å². The monoisotopic (exact) mass is 165 g/mol. The Morgan fingerprint density at radius 3 is 1.75 bits per heavy atom. The number of nitrogens with two attached hydrogens (primary N) is 1. The highest BCUT2D eigenvalue weighted by Crippen LogP contribution is 2.35. The van der Waals surface area contributed by atoms with E-state index in [4.69, 9.17) is 14.4 Å². The number of hydrogen-bond donors (Lipinski definition) is 3. The maximum absolute atomic E-state index is 10.2. The van der Waals surface area contributed by atoms with Crippen molar-refractivity contribution in [3.05, 3.63) is 0 Å². The van der Waals surface area contributed by atoms with E-state index in [1.54, 1.807) is 0 Å². The van der Waals surface area contributed by atoms with Gasteiger partial charge in [-0.3, -0.25) is 0 Å². The van der Waals surface area contributed by atoms with Gasteiger partial charge in [0.1, 0.15) is 0 Å². The molecule has 1 unspecified atom stereocenters. The topological polar surface area (TPSA) is 92.8 Å². The number of phosphoric acid groups is 1. The Morgan fingerprint density at radius 2 is 1.75 bits per heavy atom. The predicted octanol–water partition coefficient (Wildman–Crippen LogP) is -0.285. The summed E-state index contributed by atoms with van der Waals surface area (Å²) in [7, 11) is -2.90. The van der Waals surface area contributed by atoms with Crippen LogP contribution in [0.3, 0.4) is 0 Å². The van der Waals surface area contributed by atoms with E-state index >= 15 is 0 Å². The van der Waals surface area contributed by atoms with Crippen molar-refractivity contribution in [2.75, 3.05) is 0 Å². The largest absolute Gasteiger partial charge is 0.500 e. The van der Waals surface area contributed by atoms with Crippen LogP contribution in [0.1, 0.15) is 0 Å². The van der Waals surface area contributed by atoms with Gasteiger partial charge >= 0.3 is 7.82 Å². The standard InChI is InChI=1S/FH2O4P.H4NP/c1-5-6(2,3)4;1-2/h(H2,2,3,4);1-2H2. The zero-order chi connectivity index (χ0) is 7.21. The SMILES string of the molecule is NP.O=P(O)(O)OF. The highest BCUT2D eigenvalue weighted by atomic mass is 31.2. The van der Waals surface area contributed by atoms with Gasteiger partial charge in [0.2, 0.25) is 0 Å². The normalized spacial score (nSPS) is 9.62. The quantitative estimate of drug-likeness (QED) is 0.464.